The number of carboxylic acids is 1. The lowest BCUT2D eigenvalue weighted by atomic mass is 9.73. The third kappa shape index (κ3) is 16.7. The van der Waals surface area contributed by atoms with Crippen LogP contribution in [0, 0.1) is 11.3 Å². The minimum Gasteiger partial charge on any atom is -0.481 e. The lowest BCUT2D eigenvalue weighted by Crippen LogP contribution is -2.32. The van der Waals surface area contributed by atoms with Crippen molar-refractivity contribution in [2.24, 2.45) is 11.3 Å². The number of carbonyl (C=O) groups is 1. The van der Waals surface area contributed by atoms with Gasteiger partial charge in [0, 0.05) is 0 Å². The highest BCUT2D eigenvalue weighted by Crippen LogP contribution is 2.38. The molecule has 0 heterocycles. The van der Waals surface area contributed by atoms with Crippen LogP contribution in [0.25, 0.3) is 0 Å². The van der Waals surface area contributed by atoms with Gasteiger partial charge in [0.1, 0.15) is 0 Å². The molecule has 0 aliphatic carbocycles. The van der Waals surface area contributed by atoms with E-state index in [4.69, 9.17) is 0 Å². The Morgan fingerprint density at radius 3 is 1.42 bits per heavy atom. The standard InChI is InChI=1S/C29H58O2/c1-5-8-10-12-14-16-17-18-20-22-24-27(4)26-29(7-3,28(30)31)25-23-21-19-15-13-11-9-6-2/h27H,5-26H2,1-4H3,(H,30,31). The summed E-state index contributed by atoms with van der Waals surface area (Å²) in [4.78, 5) is 12.2. The molecule has 2 unspecified atom stereocenters. The summed E-state index contributed by atoms with van der Waals surface area (Å²) in [6, 6.07) is 0. The molecular formula is C29H58O2. The predicted molar refractivity (Wildman–Crippen MR) is 138 cm³/mol. The zero-order chi connectivity index (χ0) is 23.2. The first-order valence-electron chi connectivity index (χ1n) is 14.3. The van der Waals surface area contributed by atoms with Crippen LogP contribution in [0.4, 0.5) is 0 Å². The van der Waals surface area contributed by atoms with Gasteiger partial charge < -0.3 is 5.11 Å². The third-order valence-corrected chi connectivity index (χ3v) is 7.43. The summed E-state index contributed by atoms with van der Waals surface area (Å²) in [6.45, 7) is 8.91. The average molecular weight is 439 g/mol. The van der Waals surface area contributed by atoms with Crippen LogP contribution in [0.3, 0.4) is 0 Å². The van der Waals surface area contributed by atoms with Crippen molar-refractivity contribution in [2.75, 3.05) is 0 Å². The van der Waals surface area contributed by atoms with Gasteiger partial charge in [-0.15, -0.1) is 0 Å². The second-order valence-electron chi connectivity index (χ2n) is 10.4. The SMILES string of the molecule is CCCCCCCCCCCCC(C)CC(CC)(CCCCCCCCCC)C(=O)O. The summed E-state index contributed by atoms with van der Waals surface area (Å²) in [7, 11) is 0. The quantitative estimate of drug-likeness (QED) is 0.152. The predicted octanol–water partition coefficient (Wildman–Crippen LogP) is 10.3. The summed E-state index contributed by atoms with van der Waals surface area (Å²) in [5, 5.41) is 10.0. The van der Waals surface area contributed by atoms with Gasteiger partial charge in [-0.25, -0.2) is 0 Å². The van der Waals surface area contributed by atoms with Crippen molar-refractivity contribution in [3.05, 3.63) is 0 Å². The highest BCUT2D eigenvalue weighted by Gasteiger charge is 2.37. The zero-order valence-electron chi connectivity index (χ0n) is 22.0. The van der Waals surface area contributed by atoms with Gasteiger partial charge in [-0.05, 0) is 25.2 Å². The highest BCUT2D eigenvalue weighted by molar-refractivity contribution is 5.74. The van der Waals surface area contributed by atoms with Crippen LogP contribution in [0.5, 0.6) is 0 Å². The molecule has 0 rings (SSSR count). The first-order valence-corrected chi connectivity index (χ1v) is 14.3. The van der Waals surface area contributed by atoms with Crippen molar-refractivity contribution in [1.29, 1.82) is 0 Å². The van der Waals surface area contributed by atoms with Gasteiger partial charge >= 0.3 is 5.97 Å². The molecule has 2 atom stereocenters. The topological polar surface area (TPSA) is 37.3 Å². The monoisotopic (exact) mass is 438 g/mol. The van der Waals surface area contributed by atoms with E-state index < -0.39 is 11.4 Å². The molecule has 0 saturated carbocycles. The van der Waals surface area contributed by atoms with Gasteiger partial charge in [0.25, 0.3) is 0 Å². The molecule has 0 fully saturated rings. The molecular weight excluding hydrogens is 380 g/mol. The maximum Gasteiger partial charge on any atom is 0.309 e. The van der Waals surface area contributed by atoms with Gasteiger partial charge in [0.2, 0.25) is 0 Å². The Morgan fingerprint density at radius 1 is 0.645 bits per heavy atom. The minimum absolute atomic E-state index is 0.486. The van der Waals surface area contributed by atoms with Crippen molar-refractivity contribution in [3.8, 4) is 0 Å². The van der Waals surface area contributed by atoms with Gasteiger partial charge in [-0.1, -0.05) is 150 Å². The number of carboxylic acid groups (broad SMARTS) is 1. The Balaban J connectivity index is 3.99. The molecule has 0 aromatic rings. The fraction of sp³-hybridized carbons (Fsp3) is 0.966. The maximum atomic E-state index is 12.2. The molecule has 0 radical (unpaired) electrons. The van der Waals surface area contributed by atoms with E-state index >= 15 is 0 Å². The van der Waals surface area contributed by atoms with Crippen LogP contribution in [0.1, 0.15) is 169 Å². The van der Waals surface area contributed by atoms with E-state index in [0.29, 0.717) is 5.92 Å². The molecule has 186 valence electrons. The van der Waals surface area contributed by atoms with Crippen LogP contribution >= 0.6 is 0 Å². The maximum absolute atomic E-state index is 12.2. The Kier molecular flexibility index (Phi) is 21.0. The largest absolute Gasteiger partial charge is 0.481 e. The Bertz CT molecular complexity index is 392. The smallest absolute Gasteiger partial charge is 0.309 e. The van der Waals surface area contributed by atoms with Gasteiger partial charge in [0.05, 0.1) is 5.41 Å². The van der Waals surface area contributed by atoms with E-state index in [0.717, 1.165) is 25.7 Å². The summed E-state index contributed by atoms with van der Waals surface area (Å²) in [5.41, 5.74) is -0.486. The lowest BCUT2D eigenvalue weighted by molar-refractivity contribution is -0.151. The zero-order valence-corrected chi connectivity index (χ0v) is 22.0. The van der Waals surface area contributed by atoms with Crippen LogP contribution in [0.2, 0.25) is 0 Å². The summed E-state index contributed by atoms with van der Waals surface area (Å²) >= 11 is 0. The van der Waals surface area contributed by atoms with Crippen LogP contribution in [0.15, 0.2) is 0 Å². The van der Waals surface area contributed by atoms with Crippen molar-refractivity contribution in [1.82, 2.24) is 0 Å². The van der Waals surface area contributed by atoms with Gasteiger partial charge in [-0.3, -0.25) is 4.79 Å². The van der Waals surface area contributed by atoms with Crippen molar-refractivity contribution in [3.63, 3.8) is 0 Å². The molecule has 0 spiro atoms. The lowest BCUT2D eigenvalue weighted by Gasteiger charge is -2.31. The van der Waals surface area contributed by atoms with E-state index in [9.17, 15) is 9.90 Å². The number of aliphatic carboxylic acids is 1. The minimum atomic E-state index is -0.548. The molecule has 2 nitrogen and oxygen atoms in total. The molecule has 0 aromatic heterocycles. The van der Waals surface area contributed by atoms with E-state index in [1.54, 1.807) is 0 Å². The molecule has 2 heteroatoms. The van der Waals surface area contributed by atoms with E-state index in [1.807, 2.05) is 0 Å². The van der Waals surface area contributed by atoms with Crippen molar-refractivity contribution in [2.45, 2.75) is 169 Å². The number of unbranched alkanes of at least 4 members (excludes halogenated alkanes) is 16. The normalized spacial score (nSPS) is 14.5. The van der Waals surface area contributed by atoms with E-state index in [1.165, 1.54) is 116 Å². The van der Waals surface area contributed by atoms with Crippen LogP contribution < -0.4 is 0 Å². The average Bonchev–Trinajstić information content (AvgIpc) is 2.75. The van der Waals surface area contributed by atoms with Crippen molar-refractivity contribution < 1.29 is 9.90 Å². The molecule has 1 N–H and O–H groups in total. The molecule has 0 aliphatic rings. The first-order chi connectivity index (χ1) is 15.0. The van der Waals surface area contributed by atoms with Crippen LogP contribution in [-0.4, -0.2) is 11.1 Å². The number of hydrogen-bond donors (Lipinski definition) is 1. The van der Waals surface area contributed by atoms with Gasteiger partial charge in [-0.2, -0.15) is 0 Å². The van der Waals surface area contributed by atoms with Crippen molar-refractivity contribution >= 4 is 5.97 Å². The molecule has 0 saturated heterocycles. The Hall–Kier alpha value is -0.530. The summed E-state index contributed by atoms with van der Waals surface area (Å²) in [6.07, 6.45) is 27.7. The van der Waals surface area contributed by atoms with E-state index in [-0.39, 0.29) is 0 Å². The fourth-order valence-corrected chi connectivity index (χ4v) is 5.12. The fourth-order valence-electron chi connectivity index (χ4n) is 5.12. The molecule has 0 aliphatic heterocycles. The molecule has 0 bridgehead atoms. The second-order valence-corrected chi connectivity index (χ2v) is 10.4. The van der Waals surface area contributed by atoms with E-state index in [2.05, 4.69) is 27.7 Å². The van der Waals surface area contributed by atoms with Gasteiger partial charge in [0.15, 0.2) is 0 Å². The first kappa shape index (κ1) is 30.5. The summed E-state index contributed by atoms with van der Waals surface area (Å²) in [5.74, 6) is -0.0213. The number of hydrogen-bond acceptors (Lipinski definition) is 1. The Morgan fingerprint density at radius 2 is 1.03 bits per heavy atom. The number of rotatable bonds is 24. The summed E-state index contributed by atoms with van der Waals surface area (Å²) < 4.78 is 0. The van der Waals surface area contributed by atoms with Crippen LogP contribution in [-0.2, 0) is 4.79 Å². The molecule has 0 amide bonds. The molecule has 0 aromatic carbocycles. The highest BCUT2D eigenvalue weighted by atomic mass is 16.4. The molecule has 31 heavy (non-hydrogen) atoms. The Labute approximate surface area is 196 Å². The third-order valence-electron chi connectivity index (χ3n) is 7.43. The second kappa shape index (κ2) is 21.3.